The number of nitrogens with zero attached hydrogens (tertiary/aromatic N) is 2. The number of aliphatic hydroxyl groups excluding tert-OH is 1. The van der Waals surface area contributed by atoms with Gasteiger partial charge in [-0.05, 0) is 17.2 Å². The predicted molar refractivity (Wildman–Crippen MR) is 81.4 cm³/mol. The molecule has 0 spiro atoms. The molecule has 0 amide bonds. The van der Waals surface area contributed by atoms with Crippen molar-refractivity contribution < 1.29 is 18.3 Å². The van der Waals surface area contributed by atoms with Crippen molar-refractivity contribution in [1.82, 2.24) is 15.0 Å². The van der Waals surface area contributed by atoms with Gasteiger partial charge in [-0.15, -0.1) is 0 Å². The standard InChI is InChI=1S/C16H13F3N4O/c17-16(18,19)12-6-10-14(22-12)20-7-21-15(10)23-13-9-4-2-1-3-8(9)5-11(13)24/h1-4,6-7,11,13,24H,5H2,(H2,20,21,22,23)/t11-,13-/m0/s1. The maximum absolute atomic E-state index is 12.9. The largest absolute Gasteiger partial charge is 0.431 e. The van der Waals surface area contributed by atoms with E-state index in [1.807, 2.05) is 24.3 Å². The normalized spacial score (nSPS) is 20.3. The molecule has 2 atom stereocenters. The zero-order chi connectivity index (χ0) is 16.9. The van der Waals surface area contributed by atoms with E-state index in [0.29, 0.717) is 6.42 Å². The van der Waals surface area contributed by atoms with Crippen LogP contribution in [0, 0.1) is 0 Å². The molecule has 2 heterocycles. The summed E-state index contributed by atoms with van der Waals surface area (Å²) in [6.45, 7) is 0. The minimum atomic E-state index is -4.49. The summed E-state index contributed by atoms with van der Waals surface area (Å²) in [5, 5.41) is 13.6. The van der Waals surface area contributed by atoms with Crippen LogP contribution in [-0.2, 0) is 12.6 Å². The number of aliphatic hydroxyl groups is 1. The Balaban J connectivity index is 1.74. The lowest BCUT2D eigenvalue weighted by Crippen LogP contribution is -2.21. The number of hydrogen-bond acceptors (Lipinski definition) is 4. The van der Waals surface area contributed by atoms with Gasteiger partial charge in [-0.1, -0.05) is 24.3 Å². The summed E-state index contributed by atoms with van der Waals surface area (Å²) in [5.41, 5.74) is 1.15. The molecular weight excluding hydrogens is 321 g/mol. The molecule has 0 bridgehead atoms. The van der Waals surface area contributed by atoms with E-state index in [4.69, 9.17) is 0 Å². The maximum atomic E-state index is 12.9. The van der Waals surface area contributed by atoms with Crippen LogP contribution in [0.2, 0.25) is 0 Å². The molecule has 0 aliphatic heterocycles. The monoisotopic (exact) mass is 334 g/mol. The average Bonchev–Trinajstić information content (AvgIpc) is 3.10. The Morgan fingerprint density at radius 2 is 2.00 bits per heavy atom. The molecule has 0 fully saturated rings. The summed E-state index contributed by atoms with van der Waals surface area (Å²) in [5.74, 6) is 0.257. The number of fused-ring (bicyclic) bond motifs is 2. The van der Waals surface area contributed by atoms with Crippen LogP contribution in [0.25, 0.3) is 11.0 Å². The highest BCUT2D eigenvalue weighted by Crippen LogP contribution is 2.36. The lowest BCUT2D eigenvalue weighted by Gasteiger charge is -2.18. The molecule has 3 aromatic rings. The molecule has 24 heavy (non-hydrogen) atoms. The molecule has 1 aliphatic rings. The Bertz CT molecular complexity index is 906. The lowest BCUT2D eigenvalue weighted by atomic mass is 10.1. The number of hydrogen-bond donors (Lipinski definition) is 3. The number of alkyl halides is 3. The van der Waals surface area contributed by atoms with Crippen LogP contribution < -0.4 is 5.32 Å². The fourth-order valence-electron chi connectivity index (χ4n) is 3.10. The van der Waals surface area contributed by atoms with Crippen molar-refractivity contribution in [1.29, 1.82) is 0 Å². The summed E-state index contributed by atoms with van der Waals surface area (Å²) in [6.07, 6.45) is -3.48. The molecule has 4 rings (SSSR count). The van der Waals surface area contributed by atoms with Gasteiger partial charge in [0.15, 0.2) is 0 Å². The van der Waals surface area contributed by atoms with Crippen molar-refractivity contribution in [3.63, 3.8) is 0 Å². The SMILES string of the molecule is O[C@H]1Cc2ccccc2[C@@H]1Nc1ncnc2[nH]c(C(F)(F)F)cc12. The molecule has 5 nitrogen and oxygen atoms in total. The molecule has 0 unspecified atom stereocenters. The molecular formula is C16H13F3N4O. The molecule has 0 saturated carbocycles. The maximum Gasteiger partial charge on any atom is 0.431 e. The first-order valence-corrected chi connectivity index (χ1v) is 7.37. The van der Waals surface area contributed by atoms with E-state index < -0.39 is 24.0 Å². The Hall–Kier alpha value is -2.61. The summed E-state index contributed by atoms with van der Waals surface area (Å²) < 4.78 is 38.6. The second-order valence-corrected chi connectivity index (χ2v) is 5.76. The number of benzene rings is 1. The Labute approximate surface area is 134 Å². The Morgan fingerprint density at radius 1 is 1.21 bits per heavy atom. The first-order chi connectivity index (χ1) is 11.4. The van der Waals surface area contributed by atoms with E-state index in [1.54, 1.807) is 0 Å². The van der Waals surface area contributed by atoms with E-state index in [1.165, 1.54) is 6.33 Å². The third-order valence-electron chi connectivity index (χ3n) is 4.23. The summed E-state index contributed by atoms with van der Waals surface area (Å²) >= 11 is 0. The lowest BCUT2D eigenvalue weighted by molar-refractivity contribution is -0.140. The zero-order valence-electron chi connectivity index (χ0n) is 12.3. The van der Waals surface area contributed by atoms with E-state index in [2.05, 4.69) is 20.3 Å². The number of nitrogens with one attached hydrogen (secondary N) is 2. The highest BCUT2D eigenvalue weighted by atomic mass is 19.4. The van der Waals surface area contributed by atoms with Gasteiger partial charge >= 0.3 is 6.18 Å². The molecule has 1 aliphatic carbocycles. The summed E-state index contributed by atoms with van der Waals surface area (Å²) in [4.78, 5) is 10.1. The van der Waals surface area contributed by atoms with E-state index in [0.717, 1.165) is 17.2 Å². The van der Waals surface area contributed by atoms with Crippen molar-refractivity contribution >= 4 is 16.9 Å². The van der Waals surface area contributed by atoms with Gasteiger partial charge in [0.05, 0.1) is 17.5 Å². The van der Waals surface area contributed by atoms with Crippen LogP contribution >= 0.6 is 0 Å². The van der Waals surface area contributed by atoms with Crippen molar-refractivity contribution in [2.75, 3.05) is 5.32 Å². The van der Waals surface area contributed by atoms with E-state index in [9.17, 15) is 18.3 Å². The third kappa shape index (κ3) is 2.39. The number of anilines is 1. The van der Waals surface area contributed by atoms with Gasteiger partial charge in [0.2, 0.25) is 0 Å². The quantitative estimate of drug-likeness (QED) is 0.673. The number of aromatic amines is 1. The van der Waals surface area contributed by atoms with Gasteiger partial charge in [0.1, 0.15) is 23.5 Å². The molecule has 124 valence electrons. The van der Waals surface area contributed by atoms with Crippen LogP contribution in [0.5, 0.6) is 0 Å². The first kappa shape index (κ1) is 14.9. The van der Waals surface area contributed by atoms with E-state index >= 15 is 0 Å². The van der Waals surface area contributed by atoms with Gasteiger partial charge in [0.25, 0.3) is 0 Å². The highest BCUT2D eigenvalue weighted by Gasteiger charge is 2.34. The van der Waals surface area contributed by atoms with E-state index in [-0.39, 0.29) is 16.9 Å². The highest BCUT2D eigenvalue weighted by molar-refractivity contribution is 5.88. The van der Waals surface area contributed by atoms with Crippen molar-refractivity contribution in [3.05, 3.63) is 53.5 Å². The zero-order valence-corrected chi connectivity index (χ0v) is 12.3. The fraction of sp³-hybridized carbons (Fsp3) is 0.250. The van der Waals surface area contributed by atoms with Gasteiger partial charge in [0, 0.05) is 6.42 Å². The Morgan fingerprint density at radius 3 is 2.79 bits per heavy atom. The van der Waals surface area contributed by atoms with Crippen LogP contribution in [0.1, 0.15) is 22.9 Å². The second kappa shape index (κ2) is 5.20. The van der Waals surface area contributed by atoms with Crippen molar-refractivity contribution in [3.8, 4) is 0 Å². The number of halogens is 3. The first-order valence-electron chi connectivity index (χ1n) is 7.37. The van der Waals surface area contributed by atoms with Crippen LogP contribution in [0.3, 0.4) is 0 Å². The van der Waals surface area contributed by atoms with Crippen LogP contribution in [0.15, 0.2) is 36.7 Å². The minimum absolute atomic E-state index is 0.0978. The van der Waals surface area contributed by atoms with Gasteiger partial charge in [-0.25, -0.2) is 9.97 Å². The van der Waals surface area contributed by atoms with Crippen molar-refractivity contribution in [2.24, 2.45) is 0 Å². The van der Waals surface area contributed by atoms with Gasteiger partial charge < -0.3 is 15.4 Å². The van der Waals surface area contributed by atoms with Crippen molar-refractivity contribution in [2.45, 2.75) is 24.7 Å². The van der Waals surface area contributed by atoms with Crippen LogP contribution in [0.4, 0.5) is 19.0 Å². The summed E-state index contributed by atoms with van der Waals surface area (Å²) in [6, 6.07) is 8.11. The topological polar surface area (TPSA) is 73.8 Å². The van der Waals surface area contributed by atoms with Crippen LogP contribution in [-0.4, -0.2) is 26.2 Å². The molecule has 0 radical (unpaired) electrons. The molecule has 0 saturated heterocycles. The van der Waals surface area contributed by atoms with Gasteiger partial charge in [-0.3, -0.25) is 0 Å². The minimum Gasteiger partial charge on any atom is -0.390 e. The smallest absolute Gasteiger partial charge is 0.390 e. The molecule has 8 heteroatoms. The molecule has 3 N–H and O–H groups in total. The number of rotatable bonds is 2. The second-order valence-electron chi connectivity index (χ2n) is 5.76. The third-order valence-corrected chi connectivity index (χ3v) is 4.23. The Kier molecular flexibility index (Phi) is 3.24. The van der Waals surface area contributed by atoms with Gasteiger partial charge in [-0.2, -0.15) is 13.2 Å². The number of aromatic nitrogens is 3. The predicted octanol–water partition coefficient (Wildman–Crippen LogP) is 3.05. The molecule has 2 aromatic heterocycles. The average molecular weight is 334 g/mol. The number of H-pyrrole nitrogens is 1. The molecule has 1 aromatic carbocycles. The summed E-state index contributed by atoms with van der Waals surface area (Å²) in [7, 11) is 0. The fourth-order valence-corrected chi connectivity index (χ4v) is 3.10.